The van der Waals surface area contributed by atoms with Crippen molar-refractivity contribution in [3.8, 4) is 0 Å². The molecule has 0 amide bonds. The predicted octanol–water partition coefficient (Wildman–Crippen LogP) is 0.964. The molecule has 88 valence electrons. The normalized spacial score (nSPS) is 34.8. The van der Waals surface area contributed by atoms with Crippen LogP contribution in [0.15, 0.2) is 0 Å². The highest BCUT2D eigenvalue weighted by molar-refractivity contribution is 8.00. The second-order valence-corrected chi connectivity index (χ2v) is 5.74. The number of hydrogen-bond acceptors (Lipinski definition) is 4. The van der Waals surface area contributed by atoms with E-state index in [1.54, 1.807) is 0 Å². The second-order valence-electron chi connectivity index (χ2n) is 4.40. The number of aliphatic hydroxyl groups is 1. The van der Waals surface area contributed by atoms with E-state index in [1.165, 1.54) is 5.75 Å². The van der Waals surface area contributed by atoms with Crippen LogP contribution in [0.4, 0.5) is 0 Å². The largest absolute Gasteiger partial charge is 0.392 e. The highest BCUT2D eigenvalue weighted by atomic mass is 32.2. The number of rotatable bonds is 3. The second kappa shape index (κ2) is 5.53. The Balaban J connectivity index is 1.91. The van der Waals surface area contributed by atoms with Gasteiger partial charge in [-0.15, -0.1) is 0 Å². The van der Waals surface area contributed by atoms with Gasteiger partial charge in [0.05, 0.1) is 12.7 Å². The van der Waals surface area contributed by atoms with Crippen LogP contribution in [-0.2, 0) is 4.74 Å². The highest BCUT2D eigenvalue weighted by Crippen LogP contribution is 2.30. The summed E-state index contributed by atoms with van der Waals surface area (Å²) in [5, 5.41) is 10.4. The maximum atomic E-state index is 9.72. The van der Waals surface area contributed by atoms with Crippen LogP contribution in [0.25, 0.3) is 0 Å². The summed E-state index contributed by atoms with van der Waals surface area (Å²) < 4.78 is 5.51. The molecule has 0 spiro atoms. The standard InChI is InChI=1S/C11H21NO2S/c1-2-9(13)7-12-4-6-15-11-8-14-5-3-10(11)12/h9-11,13H,2-8H2,1H3/t9-,10?,11?/m1/s1. The lowest BCUT2D eigenvalue weighted by atomic mass is 10.1. The van der Waals surface area contributed by atoms with Gasteiger partial charge in [-0.1, -0.05) is 6.92 Å². The van der Waals surface area contributed by atoms with E-state index in [4.69, 9.17) is 4.74 Å². The van der Waals surface area contributed by atoms with E-state index in [0.717, 1.165) is 39.1 Å². The third-order valence-electron chi connectivity index (χ3n) is 3.37. The van der Waals surface area contributed by atoms with Gasteiger partial charge in [0, 0.05) is 36.7 Å². The Labute approximate surface area is 96.2 Å². The first-order valence-corrected chi connectivity index (χ1v) is 6.97. The van der Waals surface area contributed by atoms with Crippen molar-refractivity contribution in [2.24, 2.45) is 0 Å². The van der Waals surface area contributed by atoms with Gasteiger partial charge in [0.25, 0.3) is 0 Å². The fourth-order valence-corrected chi connectivity index (χ4v) is 3.76. The van der Waals surface area contributed by atoms with Crippen LogP contribution in [-0.4, -0.2) is 59.5 Å². The lowest BCUT2D eigenvalue weighted by molar-refractivity contribution is 0.0176. The van der Waals surface area contributed by atoms with Crippen molar-refractivity contribution < 1.29 is 9.84 Å². The summed E-state index contributed by atoms with van der Waals surface area (Å²) >= 11 is 2.04. The lowest BCUT2D eigenvalue weighted by Crippen LogP contribution is -2.53. The number of β-amino-alcohol motifs (C(OH)–C–C–N with tert-alkyl or cyclic N) is 1. The average molecular weight is 231 g/mol. The molecular weight excluding hydrogens is 210 g/mol. The average Bonchev–Trinajstić information content (AvgIpc) is 2.29. The highest BCUT2D eigenvalue weighted by Gasteiger charge is 2.34. The first-order chi connectivity index (χ1) is 7.31. The minimum atomic E-state index is -0.156. The van der Waals surface area contributed by atoms with E-state index in [-0.39, 0.29) is 6.10 Å². The molecule has 3 atom stereocenters. The molecule has 0 aromatic rings. The Morgan fingerprint density at radius 2 is 2.47 bits per heavy atom. The monoisotopic (exact) mass is 231 g/mol. The van der Waals surface area contributed by atoms with Crippen LogP contribution in [0.1, 0.15) is 19.8 Å². The molecule has 2 heterocycles. The van der Waals surface area contributed by atoms with Gasteiger partial charge in [0.1, 0.15) is 0 Å². The molecule has 15 heavy (non-hydrogen) atoms. The molecule has 0 radical (unpaired) electrons. The summed E-state index contributed by atoms with van der Waals surface area (Å²) in [6, 6.07) is 0.638. The fraction of sp³-hybridized carbons (Fsp3) is 1.00. The maximum Gasteiger partial charge on any atom is 0.0664 e. The smallest absolute Gasteiger partial charge is 0.0664 e. The first kappa shape index (κ1) is 11.7. The van der Waals surface area contributed by atoms with Crippen molar-refractivity contribution in [3.05, 3.63) is 0 Å². The van der Waals surface area contributed by atoms with Gasteiger partial charge in [-0.2, -0.15) is 11.8 Å². The molecule has 0 aromatic carbocycles. The Hall–Kier alpha value is 0.230. The molecule has 0 aliphatic carbocycles. The van der Waals surface area contributed by atoms with Gasteiger partial charge in [-0.3, -0.25) is 4.90 Å². The van der Waals surface area contributed by atoms with Gasteiger partial charge in [0.15, 0.2) is 0 Å². The third-order valence-corrected chi connectivity index (χ3v) is 4.66. The number of aliphatic hydroxyl groups excluding tert-OH is 1. The summed E-state index contributed by atoms with van der Waals surface area (Å²) in [7, 11) is 0. The molecule has 0 bridgehead atoms. The summed E-state index contributed by atoms with van der Waals surface area (Å²) in [5.74, 6) is 1.18. The molecule has 2 aliphatic heterocycles. The van der Waals surface area contributed by atoms with Gasteiger partial charge in [-0.05, 0) is 12.8 Å². The van der Waals surface area contributed by atoms with Crippen LogP contribution in [0.3, 0.4) is 0 Å². The topological polar surface area (TPSA) is 32.7 Å². The summed E-state index contributed by atoms with van der Waals surface area (Å²) in [6.07, 6.45) is 1.84. The van der Waals surface area contributed by atoms with Crippen molar-refractivity contribution >= 4 is 11.8 Å². The van der Waals surface area contributed by atoms with Crippen molar-refractivity contribution in [1.82, 2.24) is 4.90 Å². The first-order valence-electron chi connectivity index (χ1n) is 5.92. The van der Waals surface area contributed by atoms with E-state index in [9.17, 15) is 5.11 Å². The van der Waals surface area contributed by atoms with Crippen LogP contribution < -0.4 is 0 Å². The van der Waals surface area contributed by atoms with Crippen LogP contribution >= 0.6 is 11.8 Å². The molecule has 2 saturated heterocycles. The molecule has 0 aromatic heterocycles. The molecule has 2 aliphatic rings. The SMILES string of the molecule is CC[C@@H](O)CN1CCSC2COCCC21. The Morgan fingerprint density at radius 1 is 1.60 bits per heavy atom. The third kappa shape index (κ3) is 2.87. The number of ether oxygens (including phenoxy) is 1. The van der Waals surface area contributed by atoms with Crippen LogP contribution in [0, 0.1) is 0 Å². The van der Waals surface area contributed by atoms with E-state index < -0.39 is 0 Å². The molecule has 3 nitrogen and oxygen atoms in total. The zero-order valence-corrected chi connectivity index (χ0v) is 10.2. The molecule has 2 fully saturated rings. The number of hydrogen-bond donors (Lipinski definition) is 1. The molecule has 2 unspecified atom stereocenters. The van der Waals surface area contributed by atoms with Crippen LogP contribution in [0.5, 0.6) is 0 Å². The quantitative estimate of drug-likeness (QED) is 0.784. The fourth-order valence-electron chi connectivity index (χ4n) is 2.39. The maximum absolute atomic E-state index is 9.72. The molecule has 4 heteroatoms. The Kier molecular flexibility index (Phi) is 4.31. The van der Waals surface area contributed by atoms with Gasteiger partial charge in [-0.25, -0.2) is 0 Å². The summed E-state index contributed by atoms with van der Waals surface area (Å²) in [6.45, 7) is 5.81. The van der Waals surface area contributed by atoms with E-state index >= 15 is 0 Å². The summed E-state index contributed by atoms with van der Waals surface area (Å²) in [4.78, 5) is 2.47. The van der Waals surface area contributed by atoms with E-state index in [1.807, 2.05) is 18.7 Å². The van der Waals surface area contributed by atoms with E-state index in [2.05, 4.69) is 4.90 Å². The molecule has 2 rings (SSSR count). The molecular formula is C11H21NO2S. The van der Waals surface area contributed by atoms with E-state index in [0.29, 0.717) is 11.3 Å². The van der Waals surface area contributed by atoms with Gasteiger partial charge < -0.3 is 9.84 Å². The van der Waals surface area contributed by atoms with Crippen molar-refractivity contribution in [2.45, 2.75) is 37.2 Å². The van der Waals surface area contributed by atoms with Gasteiger partial charge in [0.2, 0.25) is 0 Å². The summed E-state index contributed by atoms with van der Waals surface area (Å²) in [5.41, 5.74) is 0. The minimum absolute atomic E-state index is 0.156. The Morgan fingerprint density at radius 3 is 3.27 bits per heavy atom. The van der Waals surface area contributed by atoms with Crippen LogP contribution in [0.2, 0.25) is 0 Å². The Bertz CT molecular complexity index is 201. The minimum Gasteiger partial charge on any atom is -0.392 e. The van der Waals surface area contributed by atoms with Crippen molar-refractivity contribution in [3.63, 3.8) is 0 Å². The zero-order valence-electron chi connectivity index (χ0n) is 9.39. The van der Waals surface area contributed by atoms with Crippen molar-refractivity contribution in [1.29, 1.82) is 0 Å². The predicted molar refractivity (Wildman–Crippen MR) is 63.3 cm³/mol. The van der Waals surface area contributed by atoms with Gasteiger partial charge >= 0.3 is 0 Å². The lowest BCUT2D eigenvalue weighted by Gasteiger charge is -2.44. The molecule has 1 N–H and O–H groups in total. The number of nitrogens with zero attached hydrogens (tertiary/aromatic N) is 1. The number of thioether (sulfide) groups is 1. The zero-order chi connectivity index (χ0) is 10.7. The molecule has 0 saturated carbocycles. The number of fused-ring (bicyclic) bond motifs is 1. The van der Waals surface area contributed by atoms with Crippen molar-refractivity contribution in [2.75, 3.05) is 32.1 Å².